The molecule has 0 aromatic heterocycles. The van der Waals surface area contributed by atoms with E-state index in [9.17, 15) is 0 Å². The molecule has 0 heterocycles. The van der Waals surface area contributed by atoms with Gasteiger partial charge in [0.1, 0.15) is 0 Å². The van der Waals surface area contributed by atoms with Gasteiger partial charge in [-0.1, -0.05) is 0 Å². The monoisotopic (exact) mass is 239 g/mol. The van der Waals surface area contributed by atoms with Crippen LogP contribution in [0.1, 0.15) is 6.92 Å². The zero-order valence-corrected chi connectivity index (χ0v) is 7.61. The minimum absolute atomic E-state index is 1.05. The second kappa shape index (κ2) is 4.12. The van der Waals surface area contributed by atoms with Crippen molar-refractivity contribution in [1.29, 1.82) is 0 Å². The Labute approximate surface area is 51.3 Å². The van der Waals surface area contributed by atoms with Gasteiger partial charge in [0, 0.05) is 0 Å². The normalized spacial score (nSPS) is 7.80. The summed E-state index contributed by atoms with van der Waals surface area (Å²) in [6.07, 6.45) is 0. The van der Waals surface area contributed by atoms with Crippen molar-refractivity contribution in [2.45, 2.75) is 8.86 Å². The summed E-state index contributed by atoms with van der Waals surface area (Å²) < 4.78 is 1.05. The number of hydrogen-bond acceptors (Lipinski definition) is 0. The van der Waals surface area contributed by atoms with Gasteiger partial charge < -0.3 is 0 Å². The van der Waals surface area contributed by atoms with Gasteiger partial charge in [-0.3, -0.25) is 0 Å². The van der Waals surface area contributed by atoms with Crippen molar-refractivity contribution in [2.24, 2.45) is 0 Å². The molecular weight excluding hydrogens is 235 g/mol. The fourth-order valence-corrected chi connectivity index (χ4v) is 0. The van der Waals surface area contributed by atoms with Gasteiger partial charge in [0.2, 0.25) is 0 Å². The Kier molecular flexibility index (Phi) is 5.74. The Morgan fingerprint density at radius 3 is 1.80 bits per heavy atom. The van der Waals surface area contributed by atoms with E-state index in [2.05, 4.69) is 0 Å². The van der Waals surface area contributed by atoms with Crippen LogP contribution in [0.3, 0.4) is 0 Å². The zero-order chi connectivity index (χ0) is 4.28. The average molecular weight is 240 g/mol. The molecule has 0 fully saturated rings. The van der Waals surface area contributed by atoms with Gasteiger partial charge in [0.25, 0.3) is 0 Å². The predicted octanol–water partition coefficient (Wildman–Crippen LogP) is 2.35. The molecule has 0 aliphatic carbocycles. The first-order valence-electron chi connectivity index (χ1n) is 1.44. The molecule has 0 bridgehead atoms. The van der Waals surface area contributed by atoms with Gasteiger partial charge in [-0.05, 0) is 0 Å². The second-order valence-corrected chi connectivity index (χ2v) is 13.1. The Hall–Kier alpha value is 1.96. The van der Waals surface area contributed by atoms with Crippen molar-refractivity contribution < 1.29 is 32.3 Å². The molecule has 0 aromatic rings. The predicted molar refractivity (Wildman–Crippen MR) is 22.2 cm³/mol. The molecule has 0 aromatic carbocycles. The van der Waals surface area contributed by atoms with E-state index in [4.69, 9.17) is 11.3 Å². The molecule has 3 heteroatoms. The van der Waals surface area contributed by atoms with Gasteiger partial charge >= 0.3 is 52.4 Å². The summed E-state index contributed by atoms with van der Waals surface area (Å²) in [4.78, 5) is 0. The summed E-state index contributed by atoms with van der Waals surface area (Å²) in [6, 6.07) is 0. The summed E-state index contributed by atoms with van der Waals surface area (Å²) in [5.74, 6) is 0. The first-order valence-corrected chi connectivity index (χ1v) is 11.5. The molecule has 0 radical (unpaired) electrons. The summed E-state index contributed by atoms with van der Waals surface area (Å²) in [6.45, 7) is 2.03. The summed E-state index contributed by atoms with van der Waals surface area (Å²) in [5, 5.41) is 0. The molecule has 0 N–H and O–H groups in total. The molecule has 5 heavy (non-hydrogen) atoms. The molecule has 0 saturated heterocycles. The first-order chi connectivity index (χ1) is 2.27. The molecule has 0 saturated carbocycles. The topological polar surface area (TPSA) is 0 Å². The Bertz CT molecular complexity index is 21.6. The quantitative estimate of drug-likeness (QED) is 0.660. The molecule has 0 aliphatic rings. The van der Waals surface area contributed by atoms with E-state index >= 15 is 0 Å². The molecule has 0 rings (SSSR count). The van der Waals surface area contributed by atoms with E-state index in [1.54, 1.807) is 0 Å². The van der Waals surface area contributed by atoms with Gasteiger partial charge in [-0.25, -0.2) is 0 Å². The number of rotatable bonds is 1. The summed E-state index contributed by atoms with van der Waals surface area (Å²) in [7, 11) is 0. The molecule has 0 unspecified atom stereocenters. The maximum atomic E-state index is 5.44. The van der Waals surface area contributed by atoms with Gasteiger partial charge in [-0.2, -0.15) is 0 Å². The van der Waals surface area contributed by atoms with Crippen LogP contribution in [0.2, 0.25) is 1.94 Å². The standard InChI is InChI=1S/C2H5.Ce.2ClH/c1-2;;;/h1H2,2H3;;2*1H/q;+2;;/p-2. The third-order valence-corrected chi connectivity index (χ3v) is 5.84. The van der Waals surface area contributed by atoms with Crippen LogP contribution in [0.5, 0.6) is 0 Å². The van der Waals surface area contributed by atoms with Gasteiger partial charge in [0.15, 0.2) is 0 Å². The summed E-state index contributed by atoms with van der Waals surface area (Å²) in [5.41, 5.74) is 10.9. The molecule has 0 spiro atoms. The van der Waals surface area contributed by atoms with Crippen LogP contribution in [0.25, 0.3) is 0 Å². The Morgan fingerprint density at radius 2 is 1.80 bits per heavy atom. The third-order valence-electron chi connectivity index (χ3n) is 0.267. The van der Waals surface area contributed by atoms with Crippen LogP contribution in [-0.2, 0) is 0 Å². The van der Waals surface area contributed by atoms with E-state index in [1.165, 1.54) is 0 Å². The van der Waals surface area contributed by atoms with Crippen LogP contribution < -0.4 is 0 Å². The van der Waals surface area contributed by atoms with Crippen molar-refractivity contribution in [3.05, 3.63) is 0 Å². The maximum absolute atomic E-state index is 5.44. The van der Waals surface area contributed by atoms with Crippen molar-refractivity contribution in [2.75, 3.05) is 0 Å². The number of halogens is 2. The van der Waals surface area contributed by atoms with Crippen LogP contribution in [0.4, 0.5) is 0 Å². The van der Waals surface area contributed by atoms with Crippen molar-refractivity contribution in [3.8, 4) is 0 Å². The minimum atomic E-state index is -1.76. The van der Waals surface area contributed by atoms with Gasteiger partial charge in [-0.15, -0.1) is 0 Å². The van der Waals surface area contributed by atoms with Crippen LogP contribution in [0.15, 0.2) is 0 Å². The average Bonchev–Trinajstić information content (AvgIpc) is 1.38. The molecule has 31 valence electrons. The van der Waals surface area contributed by atoms with E-state index in [0.29, 0.717) is 0 Å². The Morgan fingerprint density at radius 1 is 1.60 bits per heavy atom. The molecular formula is C2H5CeCl2. The molecule has 0 aliphatic heterocycles. The van der Waals surface area contributed by atoms with Crippen molar-refractivity contribution in [1.82, 2.24) is 0 Å². The van der Waals surface area contributed by atoms with E-state index < -0.39 is 32.3 Å². The van der Waals surface area contributed by atoms with Crippen LogP contribution in [-0.4, -0.2) is 0 Å². The fraction of sp³-hybridized carbons (Fsp3) is 1.00. The SMILES string of the molecule is C[CH2][Ce]([Cl])[Cl]. The van der Waals surface area contributed by atoms with Crippen molar-refractivity contribution >= 4 is 11.3 Å². The molecule has 0 nitrogen and oxygen atoms in total. The fourth-order valence-electron chi connectivity index (χ4n) is 0. The molecule has 0 atom stereocenters. The van der Waals surface area contributed by atoms with E-state index in [0.717, 1.165) is 1.94 Å². The number of hydrogen-bond donors (Lipinski definition) is 0. The van der Waals surface area contributed by atoms with Crippen LogP contribution >= 0.6 is 11.3 Å². The third kappa shape index (κ3) is 5.96. The van der Waals surface area contributed by atoms with E-state index in [-0.39, 0.29) is 0 Å². The second-order valence-electron chi connectivity index (χ2n) is 0.692. The van der Waals surface area contributed by atoms with Crippen LogP contribution in [0, 0.1) is 32.3 Å². The summed E-state index contributed by atoms with van der Waals surface area (Å²) >= 11 is -1.76. The van der Waals surface area contributed by atoms with Crippen molar-refractivity contribution in [3.63, 3.8) is 0 Å². The molecule has 0 amide bonds. The first kappa shape index (κ1) is 6.96. The van der Waals surface area contributed by atoms with E-state index in [1.807, 2.05) is 6.92 Å². The Balaban J connectivity index is 2.54. The zero-order valence-electron chi connectivity index (χ0n) is 2.96. The van der Waals surface area contributed by atoms with Gasteiger partial charge in [0.05, 0.1) is 0 Å².